The Hall–Kier alpha value is -2.44. The van der Waals surface area contributed by atoms with Crippen LogP contribution in [-0.2, 0) is 18.0 Å². The van der Waals surface area contributed by atoms with Gasteiger partial charge in [0, 0.05) is 16.8 Å². The van der Waals surface area contributed by atoms with Crippen LogP contribution in [0.2, 0.25) is 0 Å². The molecule has 0 aliphatic rings. The molecule has 128 valence electrons. The summed E-state index contributed by atoms with van der Waals surface area (Å²) in [5.74, 6) is -0.849. The Bertz CT molecular complexity index is 701. The van der Waals surface area contributed by atoms with Gasteiger partial charge in [0.05, 0.1) is 13.2 Å². The van der Waals surface area contributed by atoms with E-state index in [1.54, 1.807) is 0 Å². The van der Waals surface area contributed by atoms with Crippen molar-refractivity contribution in [3.8, 4) is 5.75 Å². The van der Waals surface area contributed by atoms with E-state index >= 15 is 0 Å². The van der Waals surface area contributed by atoms with Gasteiger partial charge < -0.3 is 20.3 Å². The van der Waals surface area contributed by atoms with Crippen LogP contribution in [0.5, 0.6) is 5.75 Å². The van der Waals surface area contributed by atoms with Gasteiger partial charge in [-0.3, -0.25) is 4.79 Å². The molecular formula is C18H20FNO4. The predicted octanol–water partition coefficient (Wildman–Crippen LogP) is 2.44. The second-order valence-electron chi connectivity index (χ2n) is 5.47. The zero-order chi connectivity index (χ0) is 17.7. The van der Waals surface area contributed by atoms with E-state index in [0.29, 0.717) is 0 Å². The number of hydrogen-bond acceptors (Lipinski definition) is 4. The topological polar surface area (TPSA) is 78.8 Å². The largest absolute Gasteiger partial charge is 0.483 e. The highest BCUT2D eigenvalue weighted by Crippen LogP contribution is 2.26. The highest BCUT2D eigenvalue weighted by molar-refractivity contribution is 5.93. The number of halogens is 1. The zero-order valence-corrected chi connectivity index (χ0v) is 13.6. The number of ether oxygens (including phenoxy) is 1. The molecule has 2 aromatic carbocycles. The number of anilines is 1. The molecule has 5 nitrogen and oxygen atoms in total. The summed E-state index contributed by atoms with van der Waals surface area (Å²) in [7, 11) is 0. The third-order valence-corrected chi connectivity index (χ3v) is 3.64. The number of carbonyl (C=O) groups is 1. The van der Waals surface area contributed by atoms with Gasteiger partial charge in [0.25, 0.3) is 5.91 Å². The standard InChI is InChI=1S/C18H20FNO4/c1-11-4-3-5-12(2)17(11)20-16(23)10-24-18-13(8-21)6-15(19)7-14(18)9-22/h3-7,21-22H,8-10H2,1-2H3,(H,20,23). The Labute approximate surface area is 139 Å². The van der Waals surface area contributed by atoms with E-state index in [0.717, 1.165) is 28.9 Å². The summed E-state index contributed by atoms with van der Waals surface area (Å²) in [4.78, 5) is 12.1. The van der Waals surface area contributed by atoms with Crippen LogP contribution in [-0.4, -0.2) is 22.7 Å². The van der Waals surface area contributed by atoms with Crippen LogP contribution in [0.4, 0.5) is 10.1 Å². The van der Waals surface area contributed by atoms with Gasteiger partial charge >= 0.3 is 0 Å². The van der Waals surface area contributed by atoms with Gasteiger partial charge in [-0.25, -0.2) is 4.39 Å². The number of amides is 1. The van der Waals surface area contributed by atoms with Crippen molar-refractivity contribution in [2.24, 2.45) is 0 Å². The SMILES string of the molecule is Cc1cccc(C)c1NC(=O)COc1c(CO)cc(F)cc1CO. The fourth-order valence-corrected chi connectivity index (χ4v) is 2.46. The summed E-state index contributed by atoms with van der Waals surface area (Å²) in [5, 5.41) is 21.4. The molecule has 24 heavy (non-hydrogen) atoms. The van der Waals surface area contributed by atoms with Crippen LogP contribution in [0.25, 0.3) is 0 Å². The Morgan fingerprint density at radius 2 is 1.67 bits per heavy atom. The van der Waals surface area contributed by atoms with Crippen LogP contribution >= 0.6 is 0 Å². The number of carbonyl (C=O) groups excluding carboxylic acids is 1. The van der Waals surface area contributed by atoms with Crippen LogP contribution < -0.4 is 10.1 Å². The highest BCUT2D eigenvalue weighted by atomic mass is 19.1. The molecule has 6 heteroatoms. The fourth-order valence-electron chi connectivity index (χ4n) is 2.46. The molecule has 3 N–H and O–H groups in total. The second kappa shape index (κ2) is 7.90. The van der Waals surface area contributed by atoms with Crippen LogP contribution in [0.15, 0.2) is 30.3 Å². The van der Waals surface area contributed by atoms with Crippen molar-refractivity contribution in [3.63, 3.8) is 0 Å². The van der Waals surface area contributed by atoms with Crippen molar-refractivity contribution in [1.82, 2.24) is 0 Å². The number of aliphatic hydroxyl groups excluding tert-OH is 2. The summed E-state index contributed by atoms with van der Waals surface area (Å²) in [6.07, 6.45) is 0. The van der Waals surface area contributed by atoms with E-state index in [-0.39, 0.29) is 29.4 Å². The van der Waals surface area contributed by atoms with Gasteiger partial charge in [0.2, 0.25) is 0 Å². The smallest absolute Gasteiger partial charge is 0.262 e. The maximum Gasteiger partial charge on any atom is 0.262 e. The molecule has 0 bridgehead atoms. The minimum absolute atomic E-state index is 0.123. The summed E-state index contributed by atoms with van der Waals surface area (Å²) < 4.78 is 18.8. The molecule has 1 amide bonds. The van der Waals surface area contributed by atoms with E-state index in [2.05, 4.69) is 5.32 Å². The Morgan fingerprint density at radius 3 is 2.17 bits per heavy atom. The summed E-state index contributed by atoms with van der Waals surface area (Å²) >= 11 is 0. The molecule has 0 spiro atoms. The third-order valence-electron chi connectivity index (χ3n) is 3.64. The minimum atomic E-state index is -0.588. The first kappa shape index (κ1) is 17.9. The molecule has 0 saturated carbocycles. The Balaban J connectivity index is 2.12. The van der Waals surface area contributed by atoms with Crippen molar-refractivity contribution in [3.05, 3.63) is 58.4 Å². The molecular weight excluding hydrogens is 313 g/mol. The molecule has 0 fully saturated rings. The van der Waals surface area contributed by atoms with E-state index in [9.17, 15) is 19.4 Å². The number of nitrogens with one attached hydrogen (secondary N) is 1. The van der Waals surface area contributed by atoms with Crippen molar-refractivity contribution in [2.75, 3.05) is 11.9 Å². The van der Waals surface area contributed by atoms with Gasteiger partial charge in [0.1, 0.15) is 11.6 Å². The highest BCUT2D eigenvalue weighted by Gasteiger charge is 2.14. The molecule has 2 aromatic rings. The van der Waals surface area contributed by atoms with Crippen molar-refractivity contribution in [2.45, 2.75) is 27.1 Å². The van der Waals surface area contributed by atoms with E-state index in [1.165, 1.54) is 0 Å². The number of benzene rings is 2. The maximum absolute atomic E-state index is 13.4. The number of hydrogen-bond donors (Lipinski definition) is 3. The Morgan fingerprint density at radius 1 is 1.12 bits per heavy atom. The monoisotopic (exact) mass is 333 g/mol. The average molecular weight is 333 g/mol. The number of aliphatic hydroxyl groups is 2. The molecule has 0 aromatic heterocycles. The van der Waals surface area contributed by atoms with Crippen LogP contribution in [0.3, 0.4) is 0 Å². The van der Waals surface area contributed by atoms with Crippen molar-refractivity contribution < 1.29 is 24.1 Å². The van der Waals surface area contributed by atoms with E-state index in [4.69, 9.17) is 4.74 Å². The van der Waals surface area contributed by atoms with Crippen molar-refractivity contribution in [1.29, 1.82) is 0 Å². The summed E-state index contributed by atoms with van der Waals surface area (Å²) in [5.41, 5.74) is 2.93. The van der Waals surface area contributed by atoms with Gasteiger partial charge in [-0.05, 0) is 37.1 Å². The fraction of sp³-hybridized carbons (Fsp3) is 0.278. The average Bonchev–Trinajstić information content (AvgIpc) is 2.56. The molecule has 2 rings (SSSR count). The van der Waals surface area contributed by atoms with Crippen LogP contribution in [0.1, 0.15) is 22.3 Å². The number of rotatable bonds is 6. The molecule has 0 atom stereocenters. The first-order valence-electron chi connectivity index (χ1n) is 7.48. The maximum atomic E-state index is 13.4. The van der Waals surface area contributed by atoms with Gasteiger partial charge in [0.15, 0.2) is 6.61 Å². The quantitative estimate of drug-likeness (QED) is 0.759. The summed E-state index contributed by atoms with van der Waals surface area (Å²) in [6.45, 7) is 2.53. The normalized spacial score (nSPS) is 10.5. The van der Waals surface area contributed by atoms with Gasteiger partial charge in [-0.1, -0.05) is 18.2 Å². The van der Waals surface area contributed by atoms with Gasteiger partial charge in [-0.2, -0.15) is 0 Å². The molecule has 0 aliphatic carbocycles. The lowest BCUT2D eigenvalue weighted by atomic mass is 10.1. The van der Waals surface area contributed by atoms with Gasteiger partial charge in [-0.15, -0.1) is 0 Å². The molecule has 0 aliphatic heterocycles. The van der Waals surface area contributed by atoms with Crippen LogP contribution in [0, 0.1) is 19.7 Å². The predicted molar refractivity (Wildman–Crippen MR) is 88.3 cm³/mol. The first-order chi connectivity index (χ1) is 11.5. The molecule has 0 heterocycles. The van der Waals surface area contributed by atoms with Crippen molar-refractivity contribution >= 4 is 11.6 Å². The van der Waals surface area contributed by atoms with E-state index < -0.39 is 19.0 Å². The summed E-state index contributed by atoms with van der Waals surface area (Å²) in [6, 6.07) is 7.89. The lowest BCUT2D eigenvalue weighted by Gasteiger charge is -2.15. The lowest BCUT2D eigenvalue weighted by molar-refractivity contribution is -0.118. The zero-order valence-electron chi connectivity index (χ0n) is 13.6. The number of aryl methyl sites for hydroxylation is 2. The molecule has 0 unspecified atom stereocenters. The lowest BCUT2D eigenvalue weighted by Crippen LogP contribution is -2.22. The number of para-hydroxylation sites is 1. The minimum Gasteiger partial charge on any atom is -0.483 e. The third kappa shape index (κ3) is 4.10. The second-order valence-corrected chi connectivity index (χ2v) is 5.47. The first-order valence-corrected chi connectivity index (χ1v) is 7.48. The van der Waals surface area contributed by atoms with E-state index in [1.807, 2.05) is 32.0 Å². The molecule has 0 saturated heterocycles. The Kier molecular flexibility index (Phi) is 5.89. The molecule has 0 radical (unpaired) electrons.